The number of amides is 1. The number of ether oxygens (including phenoxy) is 1. The number of rotatable bonds is 4. The Labute approximate surface area is 126 Å². The zero-order valence-electron chi connectivity index (χ0n) is 11.4. The van der Waals surface area contributed by atoms with E-state index in [4.69, 9.17) is 4.74 Å². The summed E-state index contributed by atoms with van der Waals surface area (Å²) in [5.74, 6) is 0.0405. The highest BCUT2D eigenvalue weighted by atomic mass is 79.9. The maximum atomic E-state index is 12.9. The number of anilines is 1. The minimum atomic E-state index is -0.507. The summed E-state index contributed by atoms with van der Waals surface area (Å²) >= 11 is 3.19. The number of hydrogen-bond donors (Lipinski definition) is 1. The van der Waals surface area contributed by atoms with E-state index >= 15 is 0 Å². The smallest absolute Gasteiger partial charge is 0.411 e. The lowest BCUT2D eigenvalue weighted by atomic mass is 10.1. The van der Waals surface area contributed by atoms with Crippen LogP contribution in [0.4, 0.5) is 14.9 Å². The van der Waals surface area contributed by atoms with E-state index < -0.39 is 6.09 Å². The number of benzene rings is 1. The fourth-order valence-electron chi connectivity index (χ4n) is 2.27. The largest absolute Gasteiger partial charge is 0.449 e. The molecule has 0 spiro atoms. The third-order valence-electron chi connectivity index (χ3n) is 3.44. The fraction of sp³-hybridized carbons (Fsp3) is 0.500. The first-order chi connectivity index (χ1) is 9.58. The molecule has 1 heterocycles. The molecule has 0 aliphatic carbocycles. The van der Waals surface area contributed by atoms with Crippen LogP contribution < -0.4 is 5.32 Å². The zero-order valence-corrected chi connectivity index (χ0v) is 13.0. The van der Waals surface area contributed by atoms with Crippen molar-refractivity contribution in [2.45, 2.75) is 13.3 Å². The Kier molecular flexibility index (Phi) is 5.37. The van der Waals surface area contributed by atoms with Crippen LogP contribution in [-0.4, -0.2) is 37.2 Å². The predicted octanol–water partition coefficient (Wildman–Crippen LogP) is 3.48. The summed E-state index contributed by atoms with van der Waals surface area (Å²) in [5, 5.41) is 2.60. The van der Waals surface area contributed by atoms with Crippen LogP contribution in [0, 0.1) is 11.7 Å². The Morgan fingerprint density at radius 3 is 3.05 bits per heavy atom. The van der Waals surface area contributed by atoms with Gasteiger partial charge in [0.2, 0.25) is 0 Å². The number of likely N-dealkylation sites (tertiary alicyclic amines) is 1. The Balaban J connectivity index is 1.78. The summed E-state index contributed by atoms with van der Waals surface area (Å²) < 4.78 is 18.6. The molecule has 0 saturated carbocycles. The molecule has 1 saturated heterocycles. The lowest BCUT2D eigenvalue weighted by Crippen LogP contribution is -2.23. The van der Waals surface area contributed by atoms with E-state index in [9.17, 15) is 9.18 Å². The summed E-state index contributed by atoms with van der Waals surface area (Å²) in [4.78, 5) is 14.0. The van der Waals surface area contributed by atoms with Gasteiger partial charge in [0.15, 0.2) is 0 Å². The number of nitrogens with zero attached hydrogens (tertiary/aromatic N) is 1. The summed E-state index contributed by atoms with van der Waals surface area (Å²) in [5.41, 5.74) is 0.498. The van der Waals surface area contributed by atoms with Gasteiger partial charge < -0.3 is 9.64 Å². The van der Waals surface area contributed by atoms with Gasteiger partial charge in [0.05, 0.1) is 12.3 Å². The standard InChI is InChI=1S/C14H18BrFN2O2/c1-2-18-6-5-10(8-18)9-20-14(19)17-13-4-3-11(16)7-12(13)15/h3-4,7,10H,2,5-6,8-9H2,1H3,(H,17,19). The van der Waals surface area contributed by atoms with Crippen molar-refractivity contribution in [3.8, 4) is 0 Å². The highest BCUT2D eigenvalue weighted by Gasteiger charge is 2.22. The van der Waals surface area contributed by atoms with Gasteiger partial charge in [0.25, 0.3) is 0 Å². The first-order valence-electron chi connectivity index (χ1n) is 6.69. The van der Waals surface area contributed by atoms with Gasteiger partial charge >= 0.3 is 6.09 Å². The van der Waals surface area contributed by atoms with Crippen molar-refractivity contribution in [3.05, 3.63) is 28.5 Å². The second kappa shape index (κ2) is 7.04. The van der Waals surface area contributed by atoms with Crippen LogP contribution in [0.5, 0.6) is 0 Å². The summed E-state index contributed by atoms with van der Waals surface area (Å²) in [6.07, 6.45) is 0.550. The van der Waals surface area contributed by atoms with Gasteiger partial charge in [-0.1, -0.05) is 6.92 Å². The van der Waals surface area contributed by atoms with Crippen molar-refractivity contribution in [2.75, 3.05) is 31.6 Å². The van der Waals surface area contributed by atoms with E-state index in [1.807, 2.05) is 0 Å². The Hall–Kier alpha value is -1.14. The van der Waals surface area contributed by atoms with E-state index in [2.05, 4.69) is 33.1 Å². The van der Waals surface area contributed by atoms with E-state index in [0.29, 0.717) is 22.7 Å². The Bertz CT molecular complexity index is 484. The molecule has 1 aromatic carbocycles. The minimum absolute atomic E-state index is 0.360. The third kappa shape index (κ3) is 4.18. The van der Waals surface area contributed by atoms with Crippen LogP contribution in [-0.2, 0) is 4.74 Å². The fourth-order valence-corrected chi connectivity index (χ4v) is 2.72. The highest BCUT2D eigenvalue weighted by Crippen LogP contribution is 2.23. The Morgan fingerprint density at radius 1 is 1.60 bits per heavy atom. The molecule has 0 radical (unpaired) electrons. The molecular weight excluding hydrogens is 327 g/mol. The van der Waals surface area contributed by atoms with Crippen LogP contribution in [0.2, 0.25) is 0 Å². The quantitative estimate of drug-likeness (QED) is 0.909. The van der Waals surface area contributed by atoms with E-state index in [1.54, 1.807) is 0 Å². The summed E-state index contributed by atoms with van der Waals surface area (Å²) in [6, 6.07) is 4.08. The molecule has 1 aromatic rings. The topological polar surface area (TPSA) is 41.6 Å². The van der Waals surface area contributed by atoms with Crippen molar-refractivity contribution < 1.29 is 13.9 Å². The average Bonchev–Trinajstić information content (AvgIpc) is 2.88. The van der Waals surface area contributed by atoms with Crippen molar-refractivity contribution in [2.24, 2.45) is 5.92 Å². The molecule has 0 bridgehead atoms. The molecule has 1 aliphatic rings. The molecule has 0 aromatic heterocycles. The molecule has 2 rings (SSSR count). The molecule has 1 aliphatic heterocycles. The first-order valence-corrected chi connectivity index (χ1v) is 7.49. The molecule has 1 N–H and O–H groups in total. The number of nitrogens with one attached hydrogen (secondary N) is 1. The van der Waals surface area contributed by atoms with Crippen LogP contribution in [0.1, 0.15) is 13.3 Å². The molecule has 20 heavy (non-hydrogen) atoms. The summed E-state index contributed by atoms with van der Waals surface area (Å²) in [7, 11) is 0. The van der Waals surface area contributed by atoms with Crippen molar-refractivity contribution in [1.82, 2.24) is 4.90 Å². The van der Waals surface area contributed by atoms with Crippen molar-refractivity contribution >= 4 is 27.7 Å². The second-order valence-electron chi connectivity index (χ2n) is 4.90. The van der Waals surface area contributed by atoms with E-state index in [0.717, 1.165) is 26.1 Å². The van der Waals surface area contributed by atoms with E-state index in [1.165, 1.54) is 18.2 Å². The monoisotopic (exact) mass is 344 g/mol. The lowest BCUT2D eigenvalue weighted by Gasteiger charge is -2.14. The molecule has 110 valence electrons. The number of carbonyl (C=O) groups is 1. The van der Waals surface area contributed by atoms with Gasteiger partial charge in [0.1, 0.15) is 5.82 Å². The minimum Gasteiger partial charge on any atom is -0.449 e. The van der Waals surface area contributed by atoms with Crippen LogP contribution in [0.25, 0.3) is 0 Å². The van der Waals surface area contributed by atoms with Gasteiger partial charge in [-0.3, -0.25) is 5.32 Å². The third-order valence-corrected chi connectivity index (χ3v) is 4.09. The number of carbonyl (C=O) groups excluding carboxylic acids is 1. The summed E-state index contributed by atoms with van der Waals surface area (Å²) in [6.45, 7) is 5.62. The highest BCUT2D eigenvalue weighted by molar-refractivity contribution is 9.10. The van der Waals surface area contributed by atoms with Gasteiger partial charge in [-0.25, -0.2) is 9.18 Å². The molecular formula is C14H18BrFN2O2. The van der Waals surface area contributed by atoms with Gasteiger partial charge in [-0.05, 0) is 53.6 Å². The van der Waals surface area contributed by atoms with Crippen molar-refractivity contribution in [1.29, 1.82) is 0 Å². The maximum absolute atomic E-state index is 12.9. The van der Waals surface area contributed by atoms with E-state index in [-0.39, 0.29) is 5.82 Å². The normalized spacial score (nSPS) is 19.1. The van der Waals surface area contributed by atoms with Gasteiger partial charge in [-0.2, -0.15) is 0 Å². The number of hydrogen-bond acceptors (Lipinski definition) is 3. The van der Waals surface area contributed by atoms with Crippen molar-refractivity contribution in [3.63, 3.8) is 0 Å². The lowest BCUT2D eigenvalue weighted by molar-refractivity contribution is 0.141. The van der Waals surface area contributed by atoms with Crippen LogP contribution in [0.3, 0.4) is 0 Å². The maximum Gasteiger partial charge on any atom is 0.411 e. The molecule has 1 amide bonds. The first kappa shape index (κ1) is 15.3. The number of halogens is 2. The molecule has 1 unspecified atom stereocenters. The SMILES string of the molecule is CCN1CCC(COC(=O)Nc2ccc(F)cc2Br)C1. The molecule has 1 atom stereocenters. The van der Waals surface area contributed by atoms with Crippen LogP contribution >= 0.6 is 15.9 Å². The average molecular weight is 345 g/mol. The second-order valence-corrected chi connectivity index (χ2v) is 5.75. The molecule has 4 nitrogen and oxygen atoms in total. The van der Waals surface area contributed by atoms with Gasteiger partial charge in [0, 0.05) is 16.9 Å². The molecule has 1 fully saturated rings. The Morgan fingerprint density at radius 2 is 2.40 bits per heavy atom. The zero-order chi connectivity index (χ0) is 14.5. The molecule has 6 heteroatoms. The predicted molar refractivity (Wildman–Crippen MR) is 79.3 cm³/mol. The van der Waals surface area contributed by atoms with Crippen LogP contribution in [0.15, 0.2) is 22.7 Å². The van der Waals surface area contributed by atoms with Gasteiger partial charge in [-0.15, -0.1) is 0 Å².